The Morgan fingerprint density at radius 3 is 2.47 bits per heavy atom. The minimum Gasteiger partial charge on any atom is -0.508 e. The van der Waals surface area contributed by atoms with Crippen LogP contribution in [0.3, 0.4) is 0 Å². The molecule has 152 valence electrons. The van der Waals surface area contributed by atoms with Crippen molar-refractivity contribution < 1.29 is 10.3 Å². The molecule has 0 saturated carbocycles. The maximum absolute atomic E-state index is 11.1. The third kappa shape index (κ3) is 3.88. The molecule has 30 heavy (non-hydrogen) atoms. The van der Waals surface area contributed by atoms with E-state index in [4.69, 9.17) is 23.2 Å². The number of imidazole rings is 1. The standard InChI is InChI=1S/C20H13BrCl2N4O2S/c1-30-20-24-6-5-15(25-20)17-18(10-3-2-4-11(21)7-10)27(29)19(26-17)16-13(22)8-12(28)9-14(16)23/h2-9,28-29H,1H3. The van der Waals surface area contributed by atoms with E-state index < -0.39 is 0 Å². The van der Waals surface area contributed by atoms with Gasteiger partial charge in [0.1, 0.15) is 17.1 Å². The number of aromatic hydroxyl groups is 1. The highest BCUT2D eigenvalue weighted by Crippen LogP contribution is 2.41. The number of thioether (sulfide) groups is 1. The fourth-order valence-corrected chi connectivity index (χ4v) is 4.39. The lowest BCUT2D eigenvalue weighted by Gasteiger charge is -2.09. The Morgan fingerprint density at radius 2 is 1.80 bits per heavy atom. The second kappa shape index (κ2) is 8.47. The summed E-state index contributed by atoms with van der Waals surface area (Å²) in [4.78, 5) is 13.4. The lowest BCUT2D eigenvalue weighted by atomic mass is 10.1. The number of rotatable bonds is 4. The van der Waals surface area contributed by atoms with Crippen LogP contribution in [0.15, 0.2) is 58.3 Å². The van der Waals surface area contributed by atoms with Crippen LogP contribution in [-0.2, 0) is 0 Å². The number of phenols is 1. The molecule has 0 unspecified atom stereocenters. The first-order chi connectivity index (χ1) is 14.4. The lowest BCUT2D eigenvalue weighted by Crippen LogP contribution is -1.98. The van der Waals surface area contributed by atoms with Gasteiger partial charge in [-0.1, -0.05) is 63.0 Å². The van der Waals surface area contributed by atoms with Crippen LogP contribution in [0.2, 0.25) is 10.0 Å². The third-order valence-electron chi connectivity index (χ3n) is 4.26. The lowest BCUT2D eigenvalue weighted by molar-refractivity contribution is 0.195. The number of hydrogen-bond acceptors (Lipinski definition) is 6. The van der Waals surface area contributed by atoms with Gasteiger partial charge in [0.15, 0.2) is 11.0 Å². The van der Waals surface area contributed by atoms with Gasteiger partial charge in [-0.2, -0.15) is 4.73 Å². The van der Waals surface area contributed by atoms with E-state index in [2.05, 4.69) is 30.9 Å². The van der Waals surface area contributed by atoms with Crippen LogP contribution >= 0.6 is 50.9 Å². The molecule has 2 aromatic heterocycles. The van der Waals surface area contributed by atoms with E-state index in [-0.39, 0.29) is 21.6 Å². The summed E-state index contributed by atoms with van der Waals surface area (Å²) >= 11 is 17.5. The Kier molecular flexibility index (Phi) is 5.92. The van der Waals surface area contributed by atoms with Crippen molar-refractivity contribution in [3.05, 3.63) is 63.2 Å². The molecule has 2 heterocycles. The summed E-state index contributed by atoms with van der Waals surface area (Å²) in [6, 6.07) is 11.8. The molecule has 2 N–H and O–H groups in total. The zero-order valence-electron chi connectivity index (χ0n) is 15.3. The van der Waals surface area contributed by atoms with E-state index in [9.17, 15) is 10.3 Å². The Hall–Kier alpha value is -2.26. The Morgan fingerprint density at radius 1 is 1.07 bits per heavy atom. The quantitative estimate of drug-likeness (QED) is 0.183. The van der Waals surface area contributed by atoms with Crippen LogP contribution in [0, 0.1) is 0 Å². The molecule has 0 aliphatic carbocycles. The van der Waals surface area contributed by atoms with Crippen molar-refractivity contribution >= 4 is 50.9 Å². The van der Waals surface area contributed by atoms with Gasteiger partial charge in [-0.15, -0.1) is 0 Å². The summed E-state index contributed by atoms with van der Waals surface area (Å²) in [6.45, 7) is 0. The number of benzene rings is 2. The normalized spacial score (nSPS) is 11.1. The van der Waals surface area contributed by atoms with Crippen LogP contribution in [0.4, 0.5) is 0 Å². The van der Waals surface area contributed by atoms with Crippen molar-refractivity contribution in [3.8, 4) is 39.8 Å². The Balaban J connectivity index is 2.03. The fourth-order valence-electron chi connectivity index (χ4n) is 2.99. The van der Waals surface area contributed by atoms with Gasteiger partial charge in [0, 0.05) is 16.2 Å². The minimum absolute atomic E-state index is 0.0855. The molecule has 6 nitrogen and oxygen atoms in total. The predicted molar refractivity (Wildman–Crippen MR) is 122 cm³/mol. The highest BCUT2D eigenvalue weighted by molar-refractivity contribution is 9.10. The van der Waals surface area contributed by atoms with Crippen molar-refractivity contribution in [2.75, 3.05) is 6.26 Å². The first kappa shape index (κ1) is 21.0. The summed E-state index contributed by atoms with van der Waals surface area (Å²) in [5.41, 5.74) is 2.38. The first-order valence-corrected chi connectivity index (χ1v) is 11.3. The van der Waals surface area contributed by atoms with Gasteiger partial charge in [-0.05, 0) is 36.6 Å². The molecule has 0 saturated heterocycles. The molecule has 10 heteroatoms. The van der Waals surface area contributed by atoms with Crippen LogP contribution in [-0.4, -0.2) is 36.3 Å². The Bertz CT molecular complexity index is 1240. The van der Waals surface area contributed by atoms with Gasteiger partial charge in [-0.3, -0.25) is 0 Å². The molecule has 4 aromatic rings. The van der Waals surface area contributed by atoms with E-state index in [1.165, 1.54) is 23.9 Å². The van der Waals surface area contributed by atoms with E-state index >= 15 is 0 Å². The summed E-state index contributed by atoms with van der Waals surface area (Å²) < 4.78 is 1.77. The molecule has 2 aromatic carbocycles. The number of aromatic nitrogens is 4. The predicted octanol–water partition coefficient (Wildman–Crippen LogP) is 6.41. The van der Waals surface area contributed by atoms with Crippen LogP contribution < -0.4 is 0 Å². The molecule has 0 spiro atoms. The van der Waals surface area contributed by atoms with E-state index in [1.807, 2.05) is 30.5 Å². The van der Waals surface area contributed by atoms with Crippen molar-refractivity contribution in [1.29, 1.82) is 0 Å². The van der Waals surface area contributed by atoms with Crippen molar-refractivity contribution in [3.63, 3.8) is 0 Å². The van der Waals surface area contributed by atoms with Gasteiger partial charge in [0.05, 0.1) is 21.3 Å². The van der Waals surface area contributed by atoms with Gasteiger partial charge < -0.3 is 10.3 Å². The number of phenolic OH excluding ortho intramolecular Hbond substituents is 1. The van der Waals surface area contributed by atoms with Crippen molar-refractivity contribution in [1.82, 2.24) is 19.7 Å². The SMILES string of the molecule is CSc1nccc(-c2nc(-c3c(Cl)cc(O)cc3Cl)n(O)c2-c2cccc(Br)c2)n1. The summed E-state index contributed by atoms with van der Waals surface area (Å²) in [5.74, 6) is 0.0388. The zero-order chi connectivity index (χ0) is 21.4. The molecule has 0 amide bonds. The highest BCUT2D eigenvalue weighted by Gasteiger charge is 2.25. The molecular formula is C20H13BrCl2N4O2S. The average molecular weight is 524 g/mol. The summed E-state index contributed by atoms with van der Waals surface area (Å²) in [7, 11) is 0. The van der Waals surface area contributed by atoms with Crippen molar-refractivity contribution in [2.45, 2.75) is 5.16 Å². The highest BCUT2D eigenvalue weighted by atomic mass is 79.9. The number of halogens is 3. The first-order valence-electron chi connectivity index (χ1n) is 8.52. The van der Waals surface area contributed by atoms with Gasteiger partial charge in [0.25, 0.3) is 0 Å². The topological polar surface area (TPSA) is 84.1 Å². The van der Waals surface area contributed by atoms with E-state index in [0.717, 1.165) is 9.20 Å². The molecule has 0 fully saturated rings. The fraction of sp³-hybridized carbons (Fsp3) is 0.0500. The second-order valence-corrected chi connectivity index (χ2v) is 8.67. The monoisotopic (exact) mass is 522 g/mol. The number of nitrogens with zero attached hydrogens (tertiary/aromatic N) is 4. The van der Waals surface area contributed by atoms with Crippen molar-refractivity contribution in [2.24, 2.45) is 0 Å². The zero-order valence-corrected chi connectivity index (χ0v) is 19.3. The van der Waals surface area contributed by atoms with Gasteiger partial charge >= 0.3 is 0 Å². The molecule has 4 rings (SSSR count). The molecule has 0 aliphatic rings. The summed E-state index contributed by atoms with van der Waals surface area (Å²) in [5, 5.41) is 21.8. The molecule has 0 aliphatic heterocycles. The minimum atomic E-state index is -0.0855. The third-order valence-corrected chi connectivity index (χ3v) is 5.91. The van der Waals surface area contributed by atoms with Gasteiger partial charge in [0.2, 0.25) is 0 Å². The maximum atomic E-state index is 11.1. The van der Waals surface area contributed by atoms with Crippen LogP contribution in [0.1, 0.15) is 0 Å². The molecular weight excluding hydrogens is 511 g/mol. The number of hydrogen-bond donors (Lipinski definition) is 2. The molecule has 0 bridgehead atoms. The largest absolute Gasteiger partial charge is 0.508 e. The smallest absolute Gasteiger partial charge is 0.187 e. The van der Waals surface area contributed by atoms with Crippen LogP contribution in [0.5, 0.6) is 5.75 Å². The van der Waals surface area contributed by atoms with Gasteiger partial charge in [-0.25, -0.2) is 15.0 Å². The maximum Gasteiger partial charge on any atom is 0.187 e. The van der Waals surface area contributed by atoms with Crippen LogP contribution in [0.25, 0.3) is 34.0 Å². The average Bonchev–Trinajstić information content (AvgIpc) is 3.04. The molecule has 0 atom stereocenters. The van der Waals surface area contributed by atoms with E-state index in [1.54, 1.807) is 12.3 Å². The second-order valence-electron chi connectivity index (χ2n) is 6.17. The molecule has 0 radical (unpaired) electrons. The van der Waals surface area contributed by atoms with E-state index in [0.29, 0.717) is 33.4 Å². The summed E-state index contributed by atoms with van der Waals surface area (Å²) in [6.07, 6.45) is 3.51. The Labute approximate surface area is 194 Å².